The van der Waals surface area contributed by atoms with Gasteiger partial charge in [0.2, 0.25) is 0 Å². The third-order valence-corrected chi connectivity index (χ3v) is 2.46. The molecule has 0 aliphatic carbocycles. The van der Waals surface area contributed by atoms with E-state index in [-0.39, 0.29) is 11.9 Å². The van der Waals surface area contributed by atoms with E-state index in [2.05, 4.69) is 20.3 Å². The Hall–Kier alpha value is -2.17. The number of aromatic amines is 1. The number of hydrogen-bond acceptors (Lipinski definition) is 3. The Morgan fingerprint density at radius 1 is 1.41 bits per heavy atom. The fraction of sp³-hybridized carbons (Fsp3) is 0.250. The third-order valence-electron chi connectivity index (χ3n) is 2.46. The molecule has 88 valence electrons. The molecule has 1 amide bonds. The number of carbonyl (C=O) groups excluding carboxylic acids is 1. The number of pyridine rings is 1. The molecular weight excluding hydrogens is 216 g/mol. The van der Waals surface area contributed by atoms with Crippen molar-refractivity contribution in [2.45, 2.75) is 19.4 Å². The van der Waals surface area contributed by atoms with E-state index >= 15 is 0 Å². The molecule has 0 spiro atoms. The van der Waals surface area contributed by atoms with Crippen LogP contribution in [0.2, 0.25) is 0 Å². The predicted molar refractivity (Wildman–Crippen MR) is 63.3 cm³/mol. The standard InChI is InChI=1S/C12H14N4O/c1-2-9(11-14-7-8-15-11)16-12(17)10-5-3-4-6-13-10/h3-9H,2H2,1H3,(H,14,15)(H,16,17). The van der Waals surface area contributed by atoms with Gasteiger partial charge in [0.05, 0.1) is 6.04 Å². The first-order valence-electron chi connectivity index (χ1n) is 5.52. The van der Waals surface area contributed by atoms with Gasteiger partial charge in [-0.1, -0.05) is 13.0 Å². The molecule has 2 rings (SSSR count). The van der Waals surface area contributed by atoms with Crippen LogP contribution in [0, 0.1) is 0 Å². The van der Waals surface area contributed by atoms with Crippen molar-refractivity contribution < 1.29 is 4.79 Å². The topological polar surface area (TPSA) is 70.7 Å². The summed E-state index contributed by atoms with van der Waals surface area (Å²) in [6.45, 7) is 1.99. The van der Waals surface area contributed by atoms with E-state index in [4.69, 9.17) is 0 Å². The number of nitrogens with one attached hydrogen (secondary N) is 2. The summed E-state index contributed by atoms with van der Waals surface area (Å²) in [5.74, 6) is 0.575. The highest BCUT2D eigenvalue weighted by Crippen LogP contribution is 2.11. The summed E-state index contributed by atoms with van der Waals surface area (Å²) in [5.41, 5.74) is 0.414. The van der Waals surface area contributed by atoms with E-state index in [1.807, 2.05) is 6.92 Å². The summed E-state index contributed by atoms with van der Waals surface area (Å²) in [6.07, 6.45) is 5.78. The highest BCUT2D eigenvalue weighted by Gasteiger charge is 2.16. The molecule has 0 saturated carbocycles. The molecule has 2 N–H and O–H groups in total. The zero-order valence-electron chi connectivity index (χ0n) is 9.55. The van der Waals surface area contributed by atoms with Crippen LogP contribution in [0.3, 0.4) is 0 Å². The fourth-order valence-electron chi connectivity index (χ4n) is 1.56. The van der Waals surface area contributed by atoms with Crippen molar-refractivity contribution in [3.8, 4) is 0 Å². The molecule has 0 aliphatic rings. The molecule has 0 saturated heterocycles. The van der Waals surface area contributed by atoms with Crippen molar-refractivity contribution in [1.82, 2.24) is 20.3 Å². The molecule has 0 aliphatic heterocycles. The van der Waals surface area contributed by atoms with Gasteiger partial charge in [-0.2, -0.15) is 0 Å². The van der Waals surface area contributed by atoms with Gasteiger partial charge >= 0.3 is 0 Å². The summed E-state index contributed by atoms with van der Waals surface area (Å²) in [6, 6.07) is 5.14. The normalized spacial score (nSPS) is 12.1. The molecule has 5 nitrogen and oxygen atoms in total. The SMILES string of the molecule is CCC(NC(=O)c1ccccn1)c1ncc[nH]1. The number of imidazole rings is 1. The van der Waals surface area contributed by atoms with E-state index in [0.717, 1.165) is 12.2 Å². The van der Waals surface area contributed by atoms with Crippen LogP contribution in [-0.2, 0) is 0 Å². The van der Waals surface area contributed by atoms with Gasteiger partial charge in [-0.3, -0.25) is 9.78 Å². The first kappa shape index (κ1) is 11.3. The minimum atomic E-state index is -0.186. The average Bonchev–Trinajstić information content (AvgIpc) is 2.90. The van der Waals surface area contributed by atoms with Crippen LogP contribution in [0.25, 0.3) is 0 Å². The molecule has 2 aromatic rings. The molecular formula is C12H14N4O. The predicted octanol–water partition coefficient (Wildman–Crippen LogP) is 1.69. The highest BCUT2D eigenvalue weighted by molar-refractivity contribution is 5.92. The smallest absolute Gasteiger partial charge is 0.270 e. The maximum atomic E-state index is 11.9. The van der Waals surface area contributed by atoms with Gasteiger partial charge in [0.25, 0.3) is 5.91 Å². The van der Waals surface area contributed by atoms with Gasteiger partial charge in [-0.25, -0.2) is 4.98 Å². The van der Waals surface area contributed by atoms with Gasteiger partial charge in [-0.15, -0.1) is 0 Å². The Labute approximate surface area is 99.3 Å². The highest BCUT2D eigenvalue weighted by atomic mass is 16.1. The molecule has 17 heavy (non-hydrogen) atoms. The number of amides is 1. The molecule has 0 radical (unpaired) electrons. The van der Waals surface area contributed by atoms with Crippen molar-refractivity contribution in [1.29, 1.82) is 0 Å². The molecule has 0 aromatic carbocycles. The Balaban J connectivity index is 2.08. The van der Waals surface area contributed by atoms with E-state index in [1.54, 1.807) is 36.8 Å². The third kappa shape index (κ3) is 2.69. The summed E-state index contributed by atoms with van der Waals surface area (Å²) in [5, 5.41) is 2.89. The second-order valence-electron chi connectivity index (χ2n) is 3.62. The van der Waals surface area contributed by atoms with E-state index in [1.165, 1.54) is 0 Å². The summed E-state index contributed by atoms with van der Waals surface area (Å²) >= 11 is 0. The van der Waals surface area contributed by atoms with Gasteiger partial charge < -0.3 is 10.3 Å². The van der Waals surface area contributed by atoms with Crippen molar-refractivity contribution in [3.05, 3.63) is 48.3 Å². The van der Waals surface area contributed by atoms with E-state index in [0.29, 0.717) is 5.69 Å². The van der Waals surface area contributed by atoms with Gasteiger partial charge in [0, 0.05) is 18.6 Å². The monoisotopic (exact) mass is 230 g/mol. The van der Waals surface area contributed by atoms with Crippen molar-refractivity contribution in [2.75, 3.05) is 0 Å². The van der Waals surface area contributed by atoms with Crippen molar-refractivity contribution in [3.63, 3.8) is 0 Å². The first-order chi connectivity index (χ1) is 8.31. The number of carbonyl (C=O) groups is 1. The largest absolute Gasteiger partial charge is 0.347 e. The van der Waals surface area contributed by atoms with Crippen LogP contribution < -0.4 is 5.32 Å². The fourth-order valence-corrected chi connectivity index (χ4v) is 1.56. The maximum Gasteiger partial charge on any atom is 0.270 e. The number of hydrogen-bond donors (Lipinski definition) is 2. The van der Waals surface area contributed by atoms with Crippen LogP contribution in [0.1, 0.15) is 35.7 Å². The summed E-state index contributed by atoms with van der Waals surface area (Å²) < 4.78 is 0. The van der Waals surface area contributed by atoms with Crippen LogP contribution in [-0.4, -0.2) is 20.9 Å². The summed E-state index contributed by atoms with van der Waals surface area (Å²) in [4.78, 5) is 23.0. The maximum absolute atomic E-state index is 11.9. The first-order valence-corrected chi connectivity index (χ1v) is 5.52. The Bertz CT molecular complexity index is 467. The number of aromatic nitrogens is 3. The van der Waals surface area contributed by atoms with E-state index < -0.39 is 0 Å². The quantitative estimate of drug-likeness (QED) is 0.839. The second-order valence-corrected chi connectivity index (χ2v) is 3.62. The Morgan fingerprint density at radius 2 is 2.29 bits per heavy atom. The molecule has 2 aromatic heterocycles. The molecule has 0 fully saturated rings. The average molecular weight is 230 g/mol. The molecule has 1 atom stereocenters. The lowest BCUT2D eigenvalue weighted by Crippen LogP contribution is -2.29. The molecule has 2 heterocycles. The van der Waals surface area contributed by atoms with Crippen molar-refractivity contribution in [2.24, 2.45) is 0 Å². The number of rotatable bonds is 4. The zero-order valence-corrected chi connectivity index (χ0v) is 9.55. The minimum Gasteiger partial charge on any atom is -0.347 e. The Kier molecular flexibility index (Phi) is 3.49. The number of H-pyrrole nitrogens is 1. The molecule has 5 heteroatoms. The molecule has 0 bridgehead atoms. The van der Waals surface area contributed by atoms with Gasteiger partial charge in [-0.05, 0) is 18.6 Å². The van der Waals surface area contributed by atoms with E-state index in [9.17, 15) is 4.79 Å². The van der Waals surface area contributed by atoms with Crippen molar-refractivity contribution >= 4 is 5.91 Å². The lowest BCUT2D eigenvalue weighted by atomic mass is 10.2. The zero-order chi connectivity index (χ0) is 12.1. The molecule has 1 unspecified atom stereocenters. The minimum absolute atomic E-state index is 0.112. The van der Waals surface area contributed by atoms with Crippen LogP contribution in [0.15, 0.2) is 36.8 Å². The second kappa shape index (κ2) is 5.25. The lowest BCUT2D eigenvalue weighted by Gasteiger charge is -2.14. The van der Waals surface area contributed by atoms with Gasteiger partial charge in [0.1, 0.15) is 11.5 Å². The van der Waals surface area contributed by atoms with Crippen LogP contribution in [0.5, 0.6) is 0 Å². The van der Waals surface area contributed by atoms with Crippen LogP contribution in [0.4, 0.5) is 0 Å². The summed E-state index contributed by atoms with van der Waals surface area (Å²) in [7, 11) is 0. The number of nitrogens with zero attached hydrogens (tertiary/aromatic N) is 2. The van der Waals surface area contributed by atoms with Gasteiger partial charge in [0.15, 0.2) is 0 Å². The lowest BCUT2D eigenvalue weighted by molar-refractivity contribution is 0.0929. The van der Waals surface area contributed by atoms with Crippen LogP contribution >= 0.6 is 0 Å². The Morgan fingerprint density at radius 3 is 2.88 bits per heavy atom.